The average Bonchev–Trinajstić information content (AvgIpc) is 3.18. The minimum Gasteiger partial charge on any atom is -0.484 e. The summed E-state index contributed by atoms with van der Waals surface area (Å²) in [7, 11) is 0. The smallest absolute Gasteiger partial charge is 0.258 e. The van der Waals surface area contributed by atoms with E-state index in [2.05, 4.69) is 47.1 Å². The van der Waals surface area contributed by atoms with Gasteiger partial charge in [-0.1, -0.05) is 61.5 Å². The number of benzene rings is 3. The summed E-state index contributed by atoms with van der Waals surface area (Å²) in [6, 6.07) is 26.3. The third-order valence-electron chi connectivity index (χ3n) is 5.35. The molecule has 4 rings (SSSR count). The van der Waals surface area contributed by atoms with Crippen LogP contribution < -0.4 is 10.1 Å². The van der Waals surface area contributed by atoms with Crippen molar-refractivity contribution in [3.63, 3.8) is 0 Å². The molecular formula is C26H27N3O2. The van der Waals surface area contributed by atoms with Gasteiger partial charge in [-0.15, -0.1) is 0 Å². The summed E-state index contributed by atoms with van der Waals surface area (Å²) >= 11 is 0. The molecule has 0 aliphatic rings. The maximum Gasteiger partial charge on any atom is 0.258 e. The number of carbonyl (C=O) groups excluding carboxylic acids is 1. The molecule has 31 heavy (non-hydrogen) atoms. The van der Waals surface area contributed by atoms with E-state index in [1.54, 1.807) is 0 Å². The maximum absolute atomic E-state index is 12.3. The number of fused-ring (bicyclic) bond motifs is 1. The van der Waals surface area contributed by atoms with Gasteiger partial charge in [-0.3, -0.25) is 4.79 Å². The number of nitrogens with zero attached hydrogens (tertiary/aromatic N) is 2. The molecule has 1 heterocycles. The van der Waals surface area contributed by atoms with Gasteiger partial charge in [-0.2, -0.15) is 0 Å². The lowest BCUT2D eigenvalue weighted by molar-refractivity contribution is -0.123. The maximum atomic E-state index is 12.3. The highest BCUT2D eigenvalue weighted by atomic mass is 16.5. The second-order valence-electron chi connectivity index (χ2n) is 7.47. The summed E-state index contributed by atoms with van der Waals surface area (Å²) in [5.41, 5.74) is 4.53. The van der Waals surface area contributed by atoms with E-state index in [0.29, 0.717) is 12.3 Å². The topological polar surface area (TPSA) is 56.1 Å². The Bertz CT molecular complexity index is 1130. The number of carbonyl (C=O) groups is 1. The average molecular weight is 414 g/mol. The van der Waals surface area contributed by atoms with Crippen molar-refractivity contribution in [3.8, 4) is 5.75 Å². The van der Waals surface area contributed by atoms with Gasteiger partial charge < -0.3 is 14.6 Å². The summed E-state index contributed by atoms with van der Waals surface area (Å²) < 4.78 is 7.80. The zero-order chi connectivity index (χ0) is 21.5. The van der Waals surface area contributed by atoms with Crippen LogP contribution in [0.2, 0.25) is 0 Å². The van der Waals surface area contributed by atoms with E-state index < -0.39 is 0 Å². The Hall–Kier alpha value is -3.60. The highest BCUT2D eigenvalue weighted by molar-refractivity contribution is 5.78. The first-order chi connectivity index (χ1) is 15.2. The van der Waals surface area contributed by atoms with Crippen LogP contribution in [0, 0.1) is 0 Å². The van der Waals surface area contributed by atoms with Crippen LogP contribution >= 0.6 is 0 Å². The van der Waals surface area contributed by atoms with Gasteiger partial charge in [0.1, 0.15) is 11.6 Å². The summed E-state index contributed by atoms with van der Waals surface area (Å²) in [4.78, 5) is 17.1. The van der Waals surface area contributed by atoms with Crippen LogP contribution in [0.5, 0.6) is 5.75 Å². The molecule has 0 radical (unpaired) electrons. The molecule has 0 bridgehead atoms. The highest BCUT2D eigenvalue weighted by Crippen LogP contribution is 2.17. The molecule has 0 fully saturated rings. The number of aryl methyl sites for hydroxylation is 3. The molecule has 0 aliphatic heterocycles. The van der Waals surface area contributed by atoms with Crippen LogP contribution in [0.1, 0.15) is 23.9 Å². The number of hydrogen-bond donors (Lipinski definition) is 1. The van der Waals surface area contributed by atoms with E-state index in [1.165, 1.54) is 11.1 Å². The molecular weight excluding hydrogens is 386 g/mol. The van der Waals surface area contributed by atoms with Crippen molar-refractivity contribution >= 4 is 16.9 Å². The van der Waals surface area contributed by atoms with Crippen molar-refractivity contribution in [3.05, 3.63) is 95.8 Å². The van der Waals surface area contributed by atoms with Crippen LogP contribution in [-0.4, -0.2) is 22.1 Å². The molecule has 5 nitrogen and oxygen atoms in total. The van der Waals surface area contributed by atoms with Gasteiger partial charge in [0.05, 0.1) is 17.6 Å². The molecule has 3 aromatic carbocycles. The Morgan fingerprint density at radius 2 is 1.68 bits per heavy atom. The highest BCUT2D eigenvalue weighted by Gasteiger charge is 2.12. The van der Waals surface area contributed by atoms with Crippen molar-refractivity contribution < 1.29 is 9.53 Å². The van der Waals surface area contributed by atoms with Crippen LogP contribution in [0.25, 0.3) is 11.0 Å². The van der Waals surface area contributed by atoms with E-state index in [-0.39, 0.29) is 12.5 Å². The van der Waals surface area contributed by atoms with Crippen molar-refractivity contribution in [2.24, 2.45) is 0 Å². The van der Waals surface area contributed by atoms with Gasteiger partial charge in [-0.25, -0.2) is 4.98 Å². The molecule has 0 saturated carbocycles. The van der Waals surface area contributed by atoms with Crippen LogP contribution in [0.4, 0.5) is 0 Å². The quantitative estimate of drug-likeness (QED) is 0.438. The van der Waals surface area contributed by atoms with Gasteiger partial charge in [0, 0.05) is 6.54 Å². The first-order valence-corrected chi connectivity index (χ1v) is 10.7. The van der Waals surface area contributed by atoms with Crippen LogP contribution in [-0.2, 0) is 30.7 Å². The molecule has 0 spiro atoms. The Labute approximate surface area is 182 Å². The Balaban J connectivity index is 1.39. The minimum atomic E-state index is -0.166. The van der Waals surface area contributed by atoms with Gasteiger partial charge in [-0.05, 0) is 48.2 Å². The predicted octanol–water partition coefficient (Wildman–Crippen LogP) is 4.54. The van der Waals surface area contributed by atoms with Gasteiger partial charge in [0.15, 0.2) is 6.61 Å². The number of hydrogen-bond acceptors (Lipinski definition) is 3. The van der Waals surface area contributed by atoms with Crippen molar-refractivity contribution in [2.75, 3.05) is 6.61 Å². The van der Waals surface area contributed by atoms with Gasteiger partial charge >= 0.3 is 0 Å². The molecule has 1 N–H and O–H groups in total. The third-order valence-corrected chi connectivity index (χ3v) is 5.35. The van der Waals surface area contributed by atoms with Gasteiger partial charge in [0.25, 0.3) is 5.91 Å². The second kappa shape index (κ2) is 9.94. The first kappa shape index (κ1) is 20.7. The van der Waals surface area contributed by atoms with E-state index in [4.69, 9.17) is 9.72 Å². The predicted molar refractivity (Wildman–Crippen MR) is 123 cm³/mol. The zero-order valence-corrected chi connectivity index (χ0v) is 17.8. The molecule has 0 saturated heterocycles. The Kier molecular flexibility index (Phi) is 6.62. The number of para-hydroxylation sites is 2. The van der Waals surface area contributed by atoms with Crippen LogP contribution in [0.15, 0.2) is 78.9 Å². The summed E-state index contributed by atoms with van der Waals surface area (Å²) in [6.07, 6.45) is 1.88. The summed E-state index contributed by atoms with van der Waals surface area (Å²) in [5.74, 6) is 1.38. The minimum absolute atomic E-state index is 0.0181. The van der Waals surface area contributed by atoms with E-state index in [9.17, 15) is 4.79 Å². The number of aromatic nitrogens is 2. The van der Waals surface area contributed by atoms with Crippen molar-refractivity contribution in [1.82, 2.24) is 14.9 Å². The summed E-state index contributed by atoms with van der Waals surface area (Å²) in [6.45, 7) is 3.25. The van der Waals surface area contributed by atoms with Gasteiger partial charge in [0.2, 0.25) is 0 Å². The number of amides is 1. The number of rotatable bonds is 9. The zero-order valence-electron chi connectivity index (χ0n) is 17.8. The van der Waals surface area contributed by atoms with E-state index in [0.717, 1.165) is 36.2 Å². The van der Waals surface area contributed by atoms with Crippen molar-refractivity contribution in [2.45, 2.75) is 32.9 Å². The summed E-state index contributed by atoms with van der Waals surface area (Å²) in [5, 5.41) is 2.94. The lowest BCUT2D eigenvalue weighted by Crippen LogP contribution is -2.29. The van der Waals surface area contributed by atoms with E-state index in [1.807, 2.05) is 48.5 Å². The molecule has 0 atom stereocenters. The first-order valence-electron chi connectivity index (χ1n) is 10.7. The largest absolute Gasteiger partial charge is 0.484 e. The SMILES string of the molecule is CCc1ccc(OCC(=O)NCc2nc3ccccc3n2CCc2ccccc2)cc1. The van der Waals surface area contributed by atoms with Crippen molar-refractivity contribution in [1.29, 1.82) is 0 Å². The molecule has 5 heteroatoms. The standard InChI is InChI=1S/C26H27N3O2/c1-2-20-12-14-22(15-13-20)31-19-26(30)27-18-25-28-23-10-6-7-11-24(23)29(25)17-16-21-8-4-3-5-9-21/h3-15H,2,16-19H2,1H3,(H,27,30). The fourth-order valence-electron chi connectivity index (χ4n) is 3.59. The fourth-order valence-corrected chi connectivity index (χ4v) is 3.59. The molecule has 0 aliphatic carbocycles. The molecule has 0 unspecified atom stereocenters. The lowest BCUT2D eigenvalue weighted by Gasteiger charge is -2.11. The molecule has 1 amide bonds. The number of nitrogens with one attached hydrogen (secondary N) is 1. The second-order valence-corrected chi connectivity index (χ2v) is 7.47. The number of ether oxygens (including phenoxy) is 1. The lowest BCUT2D eigenvalue weighted by atomic mass is 10.1. The number of imidazole rings is 1. The molecule has 158 valence electrons. The third kappa shape index (κ3) is 5.31. The fraction of sp³-hybridized carbons (Fsp3) is 0.231. The van der Waals surface area contributed by atoms with E-state index >= 15 is 0 Å². The Morgan fingerprint density at radius 3 is 2.45 bits per heavy atom. The molecule has 1 aromatic heterocycles. The normalized spacial score (nSPS) is 10.9. The van der Waals surface area contributed by atoms with Crippen LogP contribution in [0.3, 0.4) is 0 Å². The monoisotopic (exact) mass is 413 g/mol. The Morgan fingerprint density at radius 1 is 0.935 bits per heavy atom. The molecule has 4 aromatic rings.